The van der Waals surface area contributed by atoms with Crippen LogP contribution in [-0.4, -0.2) is 53.0 Å². The first-order valence-electron chi connectivity index (χ1n) is 11.9. The van der Waals surface area contributed by atoms with Crippen molar-refractivity contribution in [3.63, 3.8) is 0 Å². The molecule has 2 fully saturated rings. The highest BCUT2D eigenvalue weighted by Gasteiger charge is 2.58. The van der Waals surface area contributed by atoms with Crippen LogP contribution in [0.25, 0.3) is 0 Å². The lowest BCUT2D eigenvalue weighted by Crippen LogP contribution is -2.56. The van der Waals surface area contributed by atoms with Crippen molar-refractivity contribution >= 4 is 23.6 Å². The lowest BCUT2D eigenvalue weighted by Gasteiger charge is -2.38. The molecule has 1 atom stereocenters. The number of nitrogens with one attached hydrogen (secondary N) is 4. The molecule has 1 spiro atoms. The minimum Gasteiger partial charge on any atom is -0.367 e. The SMILES string of the molecule is O=C1CC2(Cc3cnc(NC4=CC=C(C5=CCNCC5)CN4)nc3N2C2CCCC2)C(=O)N1. The minimum atomic E-state index is -0.857. The highest BCUT2D eigenvalue weighted by atomic mass is 16.2. The van der Waals surface area contributed by atoms with Crippen LogP contribution in [0.2, 0.25) is 0 Å². The van der Waals surface area contributed by atoms with E-state index < -0.39 is 5.54 Å². The zero-order valence-corrected chi connectivity index (χ0v) is 18.6. The summed E-state index contributed by atoms with van der Waals surface area (Å²) >= 11 is 0. The molecule has 172 valence electrons. The Hall–Kier alpha value is -3.20. The number of aromatic nitrogens is 2. The van der Waals surface area contributed by atoms with Gasteiger partial charge in [-0.1, -0.05) is 25.0 Å². The fourth-order valence-electron chi connectivity index (χ4n) is 5.88. The second-order valence-electron chi connectivity index (χ2n) is 9.55. The molecule has 1 unspecified atom stereocenters. The van der Waals surface area contributed by atoms with E-state index in [-0.39, 0.29) is 24.3 Å². The molecular weight excluding hydrogens is 418 g/mol. The molecule has 5 heterocycles. The zero-order chi connectivity index (χ0) is 22.4. The molecular formula is C24H29N7O2. The molecule has 0 bridgehead atoms. The van der Waals surface area contributed by atoms with Crippen molar-refractivity contribution in [2.75, 3.05) is 29.9 Å². The van der Waals surface area contributed by atoms with Gasteiger partial charge in [0.25, 0.3) is 5.91 Å². The Labute approximate surface area is 192 Å². The number of fused-ring (bicyclic) bond motifs is 1. The van der Waals surface area contributed by atoms with Gasteiger partial charge in [0.15, 0.2) is 0 Å². The first-order valence-corrected chi connectivity index (χ1v) is 11.9. The van der Waals surface area contributed by atoms with E-state index in [9.17, 15) is 9.59 Å². The number of hydrogen-bond donors (Lipinski definition) is 4. The lowest BCUT2D eigenvalue weighted by molar-refractivity contribution is -0.126. The van der Waals surface area contributed by atoms with Gasteiger partial charge >= 0.3 is 0 Å². The first-order chi connectivity index (χ1) is 16.1. The summed E-state index contributed by atoms with van der Waals surface area (Å²) in [6.07, 6.45) is 14.3. The third-order valence-electron chi connectivity index (χ3n) is 7.48. The van der Waals surface area contributed by atoms with Crippen LogP contribution in [0.5, 0.6) is 0 Å². The van der Waals surface area contributed by atoms with Gasteiger partial charge in [0, 0.05) is 37.3 Å². The van der Waals surface area contributed by atoms with E-state index in [4.69, 9.17) is 4.98 Å². The molecule has 2 amide bonds. The zero-order valence-electron chi connectivity index (χ0n) is 18.6. The molecule has 1 saturated heterocycles. The van der Waals surface area contributed by atoms with Crippen LogP contribution < -0.4 is 26.2 Å². The van der Waals surface area contributed by atoms with Gasteiger partial charge in [0.2, 0.25) is 11.9 Å². The Balaban J connectivity index is 1.27. The molecule has 9 heteroatoms. The van der Waals surface area contributed by atoms with E-state index in [1.165, 1.54) is 11.1 Å². The third-order valence-corrected chi connectivity index (χ3v) is 7.48. The maximum absolute atomic E-state index is 12.9. The summed E-state index contributed by atoms with van der Waals surface area (Å²) in [4.78, 5) is 36.6. The average Bonchev–Trinajstić information content (AvgIpc) is 3.52. The fraction of sp³-hybridized carbons (Fsp3) is 0.500. The fourth-order valence-corrected chi connectivity index (χ4v) is 5.88. The van der Waals surface area contributed by atoms with Crippen LogP contribution in [0, 0.1) is 0 Å². The molecule has 4 N–H and O–H groups in total. The van der Waals surface area contributed by atoms with Crippen LogP contribution in [0.1, 0.15) is 44.1 Å². The second kappa shape index (κ2) is 7.98. The van der Waals surface area contributed by atoms with Crippen molar-refractivity contribution in [3.05, 3.63) is 47.0 Å². The number of nitrogens with zero attached hydrogens (tertiary/aromatic N) is 3. The molecule has 33 heavy (non-hydrogen) atoms. The number of carbonyl (C=O) groups is 2. The van der Waals surface area contributed by atoms with Gasteiger partial charge in [-0.15, -0.1) is 0 Å². The number of dihydropyridines is 1. The van der Waals surface area contributed by atoms with Crippen molar-refractivity contribution in [3.8, 4) is 0 Å². The molecule has 1 aromatic heterocycles. The van der Waals surface area contributed by atoms with E-state index in [0.717, 1.165) is 68.9 Å². The van der Waals surface area contributed by atoms with E-state index in [1.54, 1.807) is 0 Å². The maximum Gasteiger partial charge on any atom is 0.253 e. The summed E-state index contributed by atoms with van der Waals surface area (Å²) in [5.74, 6) is 1.73. The van der Waals surface area contributed by atoms with Gasteiger partial charge < -0.3 is 20.9 Å². The Bertz CT molecular complexity index is 1100. The largest absolute Gasteiger partial charge is 0.367 e. The molecule has 6 rings (SSSR count). The van der Waals surface area contributed by atoms with Crippen LogP contribution in [-0.2, 0) is 16.0 Å². The second-order valence-corrected chi connectivity index (χ2v) is 9.55. The molecule has 0 aromatic carbocycles. The number of rotatable bonds is 4. The van der Waals surface area contributed by atoms with Crippen LogP contribution in [0.4, 0.5) is 11.8 Å². The summed E-state index contributed by atoms with van der Waals surface area (Å²) in [6, 6.07) is 0.224. The smallest absolute Gasteiger partial charge is 0.253 e. The third kappa shape index (κ3) is 3.51. The predicted octanol–water partition coefficient (Wildman–Crippen LogP) is 1.27. The molecule has 1 aromatic rings. The summed E-state index contributed by atoms with van der Waals surface area (Å²) in [6.45, 7) is 2.70. The van der Waals surface area contributed by atoms with E-state index in [2.05, 4.69) is 43.3 Å². The van der Waals surface area contributed by atoms with Crippen molar-refractivity contribution < 1.29 is 9.59 Å². The Kier molecular flexibility index (Phi) is 4.94. The molecule has 4 aliphatic heterocycles. The van der Waals surface area contributed by atoms with Crippen LogP contribution in [0.3, 0.4) is 0 Å². The van der Waals surface area contributed by atoms with Crippen molar-refractivity contribution in [1.82, 2.24) is 25.9 Å². The quantitative estimate of drug-likeness (QED) is 0.511. The molecule has 9 nitrogen and oxygen atoms in total. The molecule has 1 aliphatic carbocycles. The Morgan fingerprint density at radius 3 is 2.70 bits per heavy atom. The van der Waals surface area contributed by atoms with E-state index >= 15 is 0 Å². The number of anilines is 2. The van der Waals surface area contributed by atoms with Gasteiger partial charge in [-0.3, -0.25) is 14.9 Å². The monoisotopic (exact) mass is 447 g/mol. The number of hydrogen-bond acceptors (Lipinski definition) is 8. The Morgan fingerprint density at radius 1 is 1.12 bits per heavy atom. The number of allylic oxidation sites excluding steroid dienone is 2. The summed E-state index contributed by atoms with van der Waals surface area (Å²) in [5.41, 5.74) is 2.78. The van der Waals surface area contributed by atoms with Crippen molar-refractivity contribution in [1.29, 1.82) is 0 Å². The minimum absolute atomic E-state index is 0.188. The van der Waals surface area contributed by atoms with Gasteiger partial charge in [-0.05, 0) is 43.0 Å². The highest BCUT2D eigenvalue weighted by Crippen LogP contribution is 2.46. The average molecular weight is 448 g/mol. The number of carbonyl (C=O) groups excluding carboxylic acids is 2. The van der Waals surface area contributed by atoms with Crippen molar-refractivity contribution in [2.24, 2.45) is 0 Å². The molecule has 0 radical (unpaired) electrons. The number of amides is 2. The summed E-state index contributed by atoms with van der Waals surface area (Å²) in [5, 5.41) is 12.6. The van der Waals surface area contributed by atoms with E-state index in [1.807, 2.05) is 12.3 Å². The molecule has 5 aliphatic rings. The van der Waals surface area contributed by atoms with Gasteiger partial charge in [0.1, 0.15) is 17.2 Å². The standard InChI is InChI=1S/C24H29N7O2/c32-20-12-24(22(33)29-20)11-17-14-27-23(30-21(17)31(24)18-3-1-2-4-18)28-19-6-5-16(13-26-19)15-7-9-25-10-8-15/h5-7,14,18,25-26H,1-4,8-13H2,(H,27,28,30)(H,29,32,33). The van der Waals surface area contributed by atoms with Crippen molar-refractivity contribution in [2.45, 2.75) is 56.5 Å². The topological polar surface area (TPSA) is 111 Å². The van der Waals surface area contributed by atoms with Gasteiger partial charge in [-0.2, -0.15) is 4.98 Å². The van der Waals surface area contributed by atoms with Crippen LogP contribution in [0.15, 0.2) is 41.4 Å². The normalized spacial score (nSPS) is 27.2. The van der Waals surface area contributed by atoms with Gasteiger partial charge in [-0.25, -0.2) is 4.98 Å². The highest BCUT2D eigenvalue weighted by molar-refractivity contribution is 6.11. The summed E-state index contributed by atoms with van der Waals surface area (Å²) in [7, 11) is 0. The van der Waals surface area contributed by atoms with E-state index in [0.29, 0.717) is 12.4 Å². The van der Waals surface area contributed by atoms with Gasteiger partial charge in [0.05, 0.1) is 6.42 Å². The Morgan fingerprint density at radius 2 is 2.00 bits per heavy atom. The summed E-state index contributed by atoms with van der Waals surface area (Å²) < 4.78 is 0. The maximum atomic E-state index is 12.9. The number of imide groups is 1. The molecule has 1 saturated carbocycles. The predicted molar refractivity (Wildman–Crippen MR) is 124 cm³/mol. The first kappa shape index (κ1) is 20.4. The lowest BCUT2D eigenvalue weighted by atomic mass is 9.91. The van der Waals surface area contributed by atoms with Crippen LogP contribution >= 0.6 is 0 Å².